The standard InChI is InChI=1S/C14H26N2O3/c1-11(2)16(10-6-7-13(17)18)12(3)14(19)15-8-4-5-9-15/h11-12H,4-10H2,1-3H3,(H,17,18). The van der Waals surface area contributed by atoms with Crippen LogP contribution in [0.2, 0.25) is 0 Å². The van der Waals surface area contributed by atoms with Crippen molar-refractivity contribution in [3.05, 3.63) is 0 Å². The summed E-state index contributed by atoms with van der Waals surface area (Å²) in [5.74, 6) is -0.594. The molecule has 0 aromatic carbocycles. The van der Waals surface area contributed by atoms with Crippen LogP contribution in [0, 0.1) is 0 Å². The van der Waals surface area contributed by atoms with E-state index in [1.807, 2.05) is 11.8 Å². The smallest absolute Gasteiger partial charge is 0.303 e. The zero-order chi connectivity index (χ0) is 14.4. The summed E-state index contributed by atoms with van der Waals surface area (Å²) >= 11 is 0. The first kappa shape index (κ1) is 16.0. The highest BCUT2D eigenvalue weighted by Crippen LogP contribution is 2.14. The first-order chi connectivity index (χ1) is 8.93. The summed E-state index contributed by atoms with van der Waals surface area (Å²) in [7, 11) is 0. The minimum atomic E-state index is -0.776. The third-order valence-electron chi connectivity index (χ3n) is 3.74. The number of amides is 1. The van der Waals surface area contributed by atoms with Gasteiger partial charge in [-0.1, -0.05) is 0 Å². The maximum Gasteiger partial charge on any atom is 0.303 e. The average molecular weight is 270 g/mol. The predicted octanol–water partition coefficient (Wildman–Crippen LogP) is 1.57. The first-order valence-electron chi connectivity index (χ1n) is 7.19. The minimum absolute atomic E-state index is 0.160. The van der Waals surface area contributed by atoms with Gasteiger partial charge in [0.1, 0.15) is 0 Å². The highest BCUT2D eigenvalue weighted by atomic mass is 16.4. The zero-order valence-electron chi connectivity index (χ0n) is 12.3. The van der Waals surface area contributed by atoms with E-state index in [0.29, 0.717) is 13.0 Å². The number of nitrogens with zero attached hydrogens (tertiary/aromatic N) is 2. The molecule has 0 aromatic rings. The SMILES string of the molecule is CC(C)N(CCCC(=O)O)C(C)C(=O)N1CCCC1. The normalized spacial score (nSPS) is 17.2. The molecule has 1 atom stereocenters. The fourth-order valence-electron chi connectivity index (χ4n) is 2.66. The molecule has 1 aliphatic rings. The van der Waals surface area contributed by atoms with Crippen molar-refractivity contribution >= 4 is 11.9 Å². The van der Waals surface area contributed by atoms with Crippen LogP contribution < -0.4 is 0 Å². The molecule has 1 aliphatic heterocycles. The number of carboxylic acids is 1. The summed E-state index contributed by atoms with van der Waals surface area (Å²) in [4.78, 5) is 27.0. The molecule has 0 aromatic heterocycles. The Morgan fingerprint density at radius 1 is 1.21 bits per heavy atom. The molecule has 19 heavy (non-hydrogen) atoms. The number of rotatable bonds is 7. The van der Waals surface area contributed by atoms with Crippen molar-refractivity contribution in [3.8, 4) is 0 Å². The molecule has 1 fully saturated rings. The lowest BCUT2D eigenvalue weighted by atomic mass is 10.1. The van der Waals surface area contributed by atoms with Crippen LogP contribution in [0.1, 0.15) is 46.5 Å². The topological polar surface area (TPSA) is 60.9 Å². The van der Waals surface area contributed by atoms with Crippen molar-refractivity contribution in [2.24, 2.45) is 0 Å². The lowest BCUT2D eigenvalue weighted by Crippen LogP contribution is -2.49. The highest BCUT2D eigenvalue weighted by Gasteiger charge is 2.28. The molecule has 0 bridgehead atoms. The lowest BCUT2D eigenvalue weighted by molar-refractivity contribution is -0.137. The monoisotopic (exact) mass is 270 g/mol. The van der Waals surface area contributed by atoms with Crippen LogP contribution >= 0.6 is 0 Å². The summed E-state index contributed by atoms with van der Waals surface area (Å²) in [6, 6.07) is 0.0854. The van der Waals surface area contributed by atoms with Crippen molar-refractivity contribution in [2.75, 3.05) is 19.6 Å². The number of carbonyl (C=O) groups excluding carboxylic acids is 1. The summed E-state index contributed by atoms with van der Waals surface area (Å²) in [5.41, 5.74) is 0. The van der Waals surface area contributed by atoms with E-state index < -0.39 is 5.97 Å². The van der Waals surface area contributed by atoms with Gasteiger partial charge in [0.05, 0.1) is 6.04 Å². The molecular formula is C14H26N2O3. The Labute approximate surface area is 115 Å². The molecule has 1 N–H and O–H groups in total. The molecule has 0 aliphatic carbocycles. The molecule has 5 nitrogen and oxygen atoms in total. The summed E-state index contributed by atoms with van der Waals surface area (Å²) in [5, 5.41) is 8.69. The van der Waals surface area contributed by atoms with Gasteiger partial charge in [0.2, 0.25) is 5.91 Å². The molecule has 1 unspecified atom stereocenters. The fourth-order valence-corrected chi connectivity index (χ4v) is 2.66. The van der Waals surface area contributed by atoms with Crippen LogP contribution in [-0.4, -0.2) is 58.5 Å². The van der Waals surface area contributed by atoms with Gasteiger partial charge in [-0.05, 0) is 46.6 Å². The van der Waals surface area contributed by atoms with Gasteiger partial charge in [0.15, 0.2) is 0 Å². The summed E-state index contributed by atoms with van der Waals surface area (Å²) < 4.78 is 0. The lowest BCUT2D eigenvalue weighted by Gasteiger charge is -2.34. The summed E-state index contributed by atoms with van der Waals surface area (Å²) in [6.45, 7) is 8.42. The Hall–Kier alpha value is -1.10. The molecule has 1 saturated heterocycles. The number of carbonyl (C=O) groups is 2. The predicted molar refractivity (Wildman–Crippen MR) is 74.0 cm³/mol. The highest BCUT2D eigenvalue weighted by molar-refractivity contribution is 5.81. The first-order valence-corrected chi connectivity index (χ1v) is 7.19. The maximum absolute atomic E-state index is 12.4. The molecule has 1 heterocycles. The fraction of sp³-hybridized carbons (Fsp3) is 0.857. The van der Waals surface area contributed by atoms with Gasteiger partial charge in [0, 0.05) is 25.6 Å². The zero-order valence-corrected chi connectivity index (χ0v) is 12.3. The van der Waals surface area contributed by atoms with Gasteiger partial charge in [-0.25, -0.2) is 0 Å². The van der Waals surface area contributed by atoms with E-state index in [0.717, 1.165) is 25.9 Å². The second-order valence-electron chi connectivity index (χ2n) is 5.54. The number of hydrogen-bond acceptors (Lipinski definition) is 3. The molecule has 110 valence electrons. The number of likely N-dealkylation sites (tertiary alicyclic amines) is 1. The van der Waals surface area contributed by atoms with Gasteiger partial charge < -0.3 is 10.0 Å². The second-order valence-corrected chi connectivity index (χ2v) is 5.54. The van der Waals surface area contributed by atoms with Crippen LogP contribution in [0.4, 0.5) is 0 Å². The quantitative estimate of drug-likeness (QED) is 0.763. The van der Waals surface area contributed by atoms with Gasteiger partial charge in [-0.2, -0.15) is 0 Å². The van der Waals surface area contributed by atoms with Crippen LogP contribution in [-0.2, 0) is 9.59 Å². The van der Waals surface area contributed by atoms with Gasteiger partial charge >= 0.3 is 5.97 Å². The van der Waals surface area contributed by atoms with Crippen LogP contribution in [0.5, 0.6) is 0 Å². The second kappa shape index (κ2) is 7.48. The third kappa shape index (κ3) is 4.82. The average Bonchev–Trinajstić information content (AvgIpc) is 2.85. The minimum Gasteiger partial charge on any atom is -0.481 e. The van der Waals surface area contributed by atoms with Crippen LogP contribution in [0.3, 0.4) is 0 Å². The number of hydrogen-bond donors (Lipinski definition) is 1. The van der Waals surface area contributed by atoms with Crippen molar-refractivity contribution in [2.45, 2.75) is 58.5 Å². The Morgan fingerprint density at radius 2 is 1.79 bits per heavy atom. The van der Waals surface area contributed by atoms with E-state index in [2.05, 4.69) is 18.7 Å². The van der Waals surface area contributed by atoms with Crippen molar-refractivity contribution in [1.82, 2.24) is 9.80 Å². The van der Waals surface area contributed by atoms with Crippen molar-refractivity contribution in [1.29, 1.82) is 0 Å². The van der Waals surface area contributed by atoms with E-state index in [-0.39, 0.29) is 24.4 Å². The van der Waals surface area contributed by atoms with Crippen molar-refractivity contribution < 1.29 is 14.7 Å². The molecule has 5 heteroatoms. The van der Waals surface area contributed by atoms with Crippen molar-refractivity contribution in [3.63, 3.8) is 0 Å². The molecule has 0 saturated carbocycles. The summed E-state index contributed by atoms with van der Waals surface area (Å²) in [6.07, 6.45) is 2.94. The molecule has 1 amide bonds. The van der Waals surface area contributed by atoms with E-state index in [9.17, 15) is 9.59 Å². The van der Waals surface area contributed by atoms with Gasteiger partial charge in [0.25, 0.3) is 0 Å². The molecule has 0 spiro atoms. The Morgan fingerprint density at radius 3 is 2.26 bits per heavy atom. The third-order valence-corrected chi connectivity index (χ3v) is 3.74. The van der Waals surface area contributed by atoms with E-state index in [1.165, 1.54) is 0 Å². The number of carboxylic acid groups (broad SMARTS) is 1. The molecular weight excluding hydrogens is 244 g/mol. The van der Waals surface area contributed by atoms with Gasteiger partial charge in [-0.3, -0.25) is 14.5 Å². The van der Waals surface area contributed by atoms with E-state index in [1.54, 1.807) is 0 Å². The Kier molecular flexibility index (Phi) is 6.28. The maximum atomic E-state index is 12.4. The van der Waals surface area contributed by atoms with Gasteiger partial charge in [-0.15, -0.1) is 0 Å². The van der Waals surface area contributed by atoms with Crippen LogP contribution in [0.15, 0.2) is 0 Å². The molecule has 1 rings (SSSR count). The number of aliphatic carboxylic acids is 1. The Balaban J connectivity index is 2.53. The van der Waals surface area contributed by atoms with Crippen LogP contribution in [0.25, 0.3) is 0 Å². The molecule has 0 radical (unpaired) electrons. The van der Waals surface area contributed by atoms with E-state index >= 15 is 0 Å². The largest absolute Gasteiger partial charge is 0.481 e. The Bertz CT molecular complexity index is 312. The van der Waals surface area contributed by atoms with E-state index in [4.69, 9.17) is 5.11 Å².